The van der Waals surface area contributed by atoms with Crippen molar-refractivity contribution >= 4 is 22.6 Å². The number of carbonyl (C=O) groups excluding carboxylic acids is 1. The number of benzene rings is 1. The second-order valence-corrected chi connectivity index (χ2v) is 7.99. The molecule has 0 aliphatic heterocycles. The van der Waals surface area contributed by atoms with E-state index in [1.807, 2.05) is 0 Å². The molecule has 0 spiro atoms. The van der Waals surface area contributed by atoms with Gasteiger partial charge in [-0.3, -0.25) is 24.3 Å². The lowest BCUT2D eigenvalue weighted by Crippen LogP contribution is -2.37. The highest BCUT2D eigenvalue weighted by atomic mass is 16.6. The molecule has 8 heteroatoms. The fourth-order valence-corrected chi connectivity index (χ4v) is 3.97. The maximum Gasteiger partial charge on any atom is 0.326 e. The Kier molecular flexibility index (Phi) is 5.76. The highest BCUT2D eigenvalue weighted by Gasteiger charge is 2.33. The lowest BCUT2D eigenvalue weighted by molar-refractivity contribution is -0.384. The summed E-state index contributed by atoms with van der Waals surface area (Å²) >= 11 is 0. The number of non-ortho nitro benzene ring substituents is 1. The molecule has 1 fully saturated rings. The number of rotatable bonds is 5. The lowest BCUT2D eigenvalue weighted by Gasteiger charge is -2.36. The van der Waals surface area contributed by atoms with Gasteiger partial charge in [-0.1, -0.05) is 27.2 Å². The van der Waals surface area contributed by atoms with E-state index in [4.69, 9.17) is 4.74 Å². The molecule has 1 heterocycles. The molecule has 150 valence electrons. The Morgan fingerprint density at radius 2 is 2.14 bits per heavy atom. The van der Waals surface area contributed by atoms with Crippen LogP contribution in [0, 0.1) is 27.9 Å². The molecule has 3 rings (SSSR count). The number of hydrogen-bond acceptors (Lipinski definition) is 6. The third kappa shape index (κ3) is 4.21. The molecular weight excluding hydrogens is 362 g/mol. The summed E-state index contributed by atoms with van der Waals surface area (Å²) in [5, 5.41) is 11.1. The maximum absolute atomic E-state index is 12.6. The van der Waals surface area contributed by atoms with Crippen LogP contribution < -0.4 is 5.56 Å². The van der Waals surface area contributed by atoms with Crippen molar-refractivity contribution < 1.29 is 14.5 Å². The van der Waals surface area contributed by atoms with Crippen molar-refractivity contribution in [3.8, 4) is 0 Å². The minimum absolute atomic E-state index is 0.107. The van der Waals surface area contributed by atoms with E-state index < -0.39 is 16.5 Å². The highest BCUT2D eigenvalue weighted by molar-refractivity contribution is 5.80. The number of aromatic nitrogens is 2. The first-order valence-corrected chi connectivity index (χ1v) is 9.59. The average Bonchev–Trinajstić information content (AvgIpc) is 2.63. The van der Waals surface area contributed by atoms with Crippen LogP contribution in [0.4, 0.5) is 5.69 Å². The smallest absolute Gasteiger partial charge is 0.326 e. The predicted molar refractivity (Wildman–Crippen MR) is 104 cm³/mol. The molecular formula is C20H25N3O5. The molecule has 2 aromatic rings. The van der Waals surface area contributed by atoms with Gasteiger partial charge in [0.2, 0.25) is 0 Å². The summed E-state index contributed by atoms with van der Waals surface area (Å²) in [6.07, 6.45) is 4.11. The van der Waals surface area contributed by atoms with Gasteiger partial charge in [-0.2, -0.15) is 0 Å². The third-order valence-corrected chi connectivity index (χ3v) is 5.56. The van der Waals surface area contributed by atoms with Gasteiger partial charge in [0.15, 0.2) is 0 Å². The first-order chi connectivity index (χ1) is 13.3. The fraction of sp³-hybridized carbons (Fsp3) is 0.550. The largest absolute Gasteiger partial charge is 0.461 e. The molecule has 0 amide bonds. The molecule has 1 aromatic heterocycles. The van der Waals surface area contributed by atoms with E-state index in [9.17, 15) is 19.7 Å². The van der Waals surface area contributed by atoms with Gasteiger partial charge < -0.3 is 4.74 Å². The van der Waals surface area contributed by atoms with Crippen molar-refractivity contribution in [3.05, 3.63) is 45.0 Å². The summed E-state index contributed by atoms with van der Waals surface area (Å²) in [7, 11) is 0. The van der Waals surface area contributed by atoms with Crippen LogP contribution in [0.15, 0.2) is 29.3 Å². The van der Waals surface area contributed by atoms with Crippen molar-refractivity contribution in [2.45, 2.75) is 52.7 Å². The zero-order valence-corrected chi connectivity index (χ0v) is 16.3. The Labute approximate surface area is 162 Å². The highest BCUT2D eigenvalue weighted by Crippen LogP contribution is 2.35. The van der Waals surface area contributed by atoms with Gasteiger partial charge in [0.05, 0.1) is 22.2 Å². The number of carbonyl (C=O) groups is 1. The summed E-state index contributed by atoms with van der Waals surface area (Å²) < 4.78 is 6.88. The zero-order chi connectivity index (χ0) is 20.4. The molecule has 3 atom stereocenters. The second-order valence-electron chi connectivity index (χ2n) is 7.99. The summed E-state index contributed by atoms with van der Waals surface area (Å²) in [5.41, 5.74) is -0.341. The van der Waals surface area contributed by atoms with Crippen LogP contribution >= 0.6 is 0 Å². The Morgan fingerprint density at radius 3 is 2.82 bits per heavy atom. The molecule has 1 saturated carbocycles. The van der Waals surface area contributed by atoms with Gasteiger partial charge in [0.25, 0.3) is 11.2 Å². The lowest BCUT2D eigenvalue weighted by atomic mass is 9.75. The van der Waals surface area contributed by atoms with Gasteiger partial charge >= 0.3 is 5.97 Å². The molecule has 28 heavy (non-hydrogen) atoms. The molecule has 0 N–H and O–H groups in total. The Hall–Kier alpha value is -2.77. The van der Waals surface area contributed by atoms with Crippen molar-refractivity contribution in [3.63, 3.8) is 0 Å². The van der Waals surface area contributed by atoms with E-state index in [1.54, 1.807) is 0 Å². The van der Waals surface area contributed by atoms with E-state index in [2.05, 4.69) is 25.8 Å². The Balaban J connectivity index is 1.79. The molecule has 0 bridgehead atoms. The van der Waals surface area contributed by atoms with Crippen LogP contribution in [0.3, 0.4) is 0 Å². The molecule has 0 radical (unpaired) electrons. The summed E-state index contributed by atoms with van der Waals surface area (Å²) in [6, 6.07) is 3.90. The van der Waals surface area contributed by atoms with Gasteiger partial charge in [0, 0.05) is 12.1 Å². The first kappa shape index (κ1) is 20.0. The Bertz CT molecular complexity index is 952. The molecule has 1 aromatic carbocycles. The fourth-order valence-electron chi connectivity index (χ4n) is 3.97. The van der Waals surface area contributed by atoms with E-state index in [1.165, 1.54) is 24.5 Å². The number of ether oxygens (including phenoxy) is 1. The van der Waals surface area contributed by atoms with E-state index in [0.717, 1.165) is 23.8 Å². The molecule has 1 aliphatic carbocycles. The number of fused-ring (bicyclic) bond motifs is 1. The molecule has 8 nitrogen and oxygen atoms in total. The minimum Gasteiger partial charge on any atom is -0.461 e. The van der Waals surface area contributed by atoms with Crippen LogP contribution in [0.5, 0.6) is 0 Å². The average molecular weight is 387 g/mol. The zero-order valence-electron chi connectivity index (χ0n) is 16.3. The third-order valence-electron chi connectivity index (χ3n) is 5.56. The van der Waals surface area contributed by atoms with E-state index in [-0.39, 0.29) is 23.7 Å². The number of nitro benzene ring substituents is 1. The normalized spacial score (nSPS) is 22.4. The van der Waals surface area contributed by atoms with Gasteiger partial charge in [0.1, 0.15) is 12.6 Å². The van der Waals surface area contributed by atoms with Crippen LogP contribution in [0.2, 0.25) is 0 Å². The van der Waals surface area contributed by atoms with Crippen LogP contribution in [-0.2, 0) is 16.1 Å². The van der Waals surface area contributed by atoms with E-state index in [0.29, 0.717) is 23.3 Å². The second kappa shape index (κ2) is 8.08. The molecule has 3 unspecified atom stereocenters. The van der Waals surface area contributed by atoms with Crippen LogP contribution in [0.25, 0.3) is 10.9 Å². The number of nitrogens with zero attached hydrogens (tertiary/aromatic N) is 3. The van der Waals surface area contributed by atoms with Crippen molar-refractivity contribution in [1.82, 2.24) is 9.55 Å². The summed E-state index contributed by atoms with van der Waals surface area (Å²) in [5.74, 6) is 0.738. The van der Waals surface area contributed by atoms with Crippen molar-refractivity contribution in [2.24, 2.45) is 17.8 Å². The SMILES string of the molecule is CC1CCC(C(C)C)C(OC(=O)Cn2cnc3ccc([N+](=O)[O-])cc3c2=O)C1. The summed E-state index contributed by atoms with van der Waals surface area (Å²) in [6.45, 7) is 6.15. The monoisotopic (exact) mass is 387 g/mol. The number of hydrogen-bond donors (Lipinski definition) is 0. The van der Waals surface area contributed by atoms with E-state index >= 15 is 0 Å². The van der Waals surface area contributed by atoms with Gasteiger partial charge in [-0.25, -0.2) is 4.98 Å². The summed E-state index contributed by atoms with van der Waals surface area (Å²) in [4.78, 5) is 39.7. The minimum atomic E-state index is -0.569. The number of esters is 1. The van der Waals surface area contributed by atoms with Crippen molar-refractivity contribution in [1.29, 1.82) is 0 Å². The van der Waals surface area contributed by atoms with Gasteiger partial charge in [-0.05, 0) is 36.7 Å². The van der Waals surface area contributed by atoms with Crippen LogP contribution in [0.1, 0.15) is 40.0 Å². The first-order valence-electron chi connectivity index (χ1n) is 9.59. The number of nitro groups is 1. The maximum atomic E-state index is 12.6. The van der Waals surface area contributed by atoms with Crippen molar-refractivity contribution in [2.75, 3.05) is 0 Å². The quantitative estimate of drug-likeness (QED) is 0.443. The predicted octanol–water partition coefficient (Wildman–Crippen LogP) is 3.31. The van der Waals surface area contributed by atoms with Crippen LogP contribution in [-0.4, -0.2) is 26.5 Å². The van der Waals surface area contributed by atoms with Gasteiger partial charge in [-0.15, -0.1) is 0 Å². The molecule has 0 saturated heterocycles. The standard InChI is InChI=1S/C20H25N3O5/c1-12(2)15-6-4-13(3)8-18(15)28-19(24)10-22-11-21-17-7-5-14(23(26)27)9-16(17)20(22)25/h5,7,9,11-13,15,18H,4,6,8,10H2,1-3H3. The molecule has 1 aliphatic rings. The topological polar surface area (TPSA) is 104 Å². The Morgan fingerprint density at radius 1 is 1.39 bits per heavy atom.